The Balaban J connectivity index is 1.70. The van der Waals surface area contributed by atoms with Crippen LogP contribution < -0.4 is 15.5 Å². The van der Waals surface area contributed by atoms with Gasteiger partial charge in [0, 0.05) is 0 Å². The van der Waals surface area contributed by atoms with Gasteiger partial charge in [0.25, 0.3) is 0 Å². The second kappa shape index (κ2) is 7.77. The average molecular weight is 349 g/mol. The third-order valence-electron chi connectivity index (χ3n) is 3.85. The van der Waals surface area contributed by atoms with E-state index >= 15 is 0 Å². The Morgan fingerprint density at radius 2 is 1.68 bits per heavy atom. The largest absolute Gasteiger partial charge is 0.495 e. The van der Waals surface area contributed by atoms with Gasteiger partial charge in [-0.1, -0.05) is 48.5 Å². The maximum atomic E-state index is 5.30. The summed E-state index contributed by atoms with van der Waals surface area (Å²) in [5, 5.41) is 10.3. The topological polar surface area (TPSA) is 45.6 Å². The van der Waals surface area contributed by atoms with Crippen LogP contribution in [0.1, 0.15) is 12.5 Å². The summed E-state index contributed by atoms with van der Waals surface area (Å²) < 4.78 is 5.30. The molecule has 0 aliphatic rings. The predicted molar refractivity (Wildman–Crippen MR) is 109 cm³/mol. The molecule has 0 aromatic heterocycles. The van der Waals surface area contributed by atoms with E-state index < -0.39 is 0 Å². The first-order valence-corrected chi connectivity index (χ1v) is 8.31. The first-order valence-electron chi connectivity index (χ1n) is 7.91. The number of anilines is 1. The first-order chi connectivity index (χ1) is 12.2. The number of fused-ring (bicyclic) bond motifs is 1. The monoisotopic (exact) mass is 349 g/mol. The zero-order chi connectivity index (χ0) is 17.6. The highest BCUT2D eigenvalue weighted by Crippen LogP contribution is 2.22. The molecule has 0 saturated carbocycles. The molecule has 0 amide bonds. The van der Waals surface area contributed by atoms with E-state index in [-0.39, 0.29) is 0 Å². The Hall–Kier alpha value is -2.92. The van der Waals surface area contributed by atoms with Crippen LogP contribution in [0, 0.1) is 0 Å². The van der Waals surface area contributed by atoms with Crippen LogP contribution in [0.25, 0.3) is 10.8 Å². The average Bonchev–Trinajstić information content (AvgIpc) is 2.66. The van der Waals surface area contributed by atoms with E-state index in [4.69, 9.17) is 17.0 Å². The van der Waals surface area contributed by atoms with Crippen LogP contribution in [0.4, 0.5) is 5.69 Å². The lowest BCUT2D eigenvalue weighted by Crippen LogP contribution is -2.25. The number of ether oxygens (including phenoxy) is 1. The Kier molecular flexibility index (Phi) is 5.26. The number of hydrogen-bond donors (Lipinski definition) is 2. The predicted octanol–water partition coefficient (Wildman–Crippen LogP) is 4.56. The summed E-state index contributed by atoms with van der Waals surface area (Å²) >= 11 is 5.30. The number of rotatable bonds is 4. The lowest BCUT2D eigenvalue weighted by atomic mass is 10.0. The molecule has 0 aliphatic heterocycles. The molecule has 0 bridgehead atoms. The van der Waals surface area contributed by atoms with Gasteiger partial charge >= 0.3 is 0 Å². The maximum Gasteiger partial charge on any atom is 0.191 e. The molecule has 3 rings (SSSR count). The number of nitrogens with one attached hydrogen (secondary N) is 2. The molecule has 25 heavy (non-hydrogen) atoms. The zero-order valence-electron chi connectivity index (χ0n) is 14.1. The molecule has 0 radical (unpaired) electrons. The van der Waals surface area contributed by atoms with Gasteiger partial charge in [-0.05, 0) is 53.7 Å². The number of methoxy groups -OCH3 is 1. The second-order valence-electron chi connectivity index (χ2n) is 5.53. The van der Waals surface area contributed by atoms with Gasteiger partial charge in [0.1, 0.15) is 5.75 Å². The third kappa shape index (κ3) is 4.14. The fourth-order valence-corrected chi connectivity index (χ4v) is 2.67. The molecule has 3 aromatic rings. The van der Waals surface area contributed by atoms with E-state index in [9.17, 15) is 0 Å². The highest BCUT2D eigenvalue weighted by Gasteiger charge is 2.04. The minimum absolute atomic E-state index is 0.407. The molecule has 126 valence electrons. The van der Waals surface area contributed by atoms with Crippen molar-refractivity contribution in [3.63, 3.8) is 0 Å². The molecule has 0 fully saturated rings. The van der Waals surface area contributed by atoms with Gasteiger partial charge in [0.05, 0.1) is 18.5 Å². The molecule has 0 atom stereocenters. The second-order valence-corrected chi connectivity index (χ2v) is 5.93. The van der Waals surface area contributed by atoms with E-state index in [0.29, 0.717) is 5.11 Å². The fraction of sp³-hybridized carbons (Fsp3) is 0.100. The van der Waals surface area contributed by atoms with E-state index in [1.54, 1.807) is 7.11 Å². The van der Waals surface area contributed by atoms with Crippen molar-refractivity contribution in [1.29, 1.82) is 0 Å². The number of benzene rings is 3. The summed E-state index contributed by atoms with van der Waals surface area (Å²) in [5.41, 5.74) is 5.58. The fourth-order valence-electron chi connectivity index (χ4n) is 2.51. The van der Waals surface area contributed by atoms with Gasteiger partial charge in [0.15, 0.2) is 5.11 Å². The van der Waals surface area contributed by atoms with Gasteiger partial charge < -0.3 is 10.1 Å². The van der Waals surface area contributed by atoms with Crippen LogP contribution in [0.15, 0.2) is 71.8 Å². The summed E-state index contributed by atoms with van der Waals surface area (Å²) in [4.78, 5) is 0. The molecule has 5 heteroatoms. The van der Waals surface area contributed by atoms with Crippen molar-refractivity contribution < 1.29 is 4.74 Å². The molecule has 4 nitrogen and oxygen atoms in total. The summed E-state index contributed by atoms with van der Waals surface area (Å²) in [6.45, 7) is 1.95. The summed E-state index contributed by atoms with van der Waals surface area (Å²) in [5.74, 6) is 0.724. The standard InChI is InChI=1S/C20H19N3OS/c1-14(16-12-11-15-7-3-4-8-17(15)13-16)22-23-20(25)21-18-9-5-6-10-19(18)24-2/h3-13H,1-2H3,(H2,21,23,25). The molecule has 3 aromatic carbocycles. The van der Waals surface area contributed by atoms with Crippen molar-refractivity contribution in [2.45, 2.75) is 6.92 Å². The first kappa shape index (κ1) is 16.9. The number of thiocarbonyl (C=S) groups is 1. The minimum atomic E-state index is 0.407. The molecule has 2 N–H and O–H groups in total. The van der Waals surface area contributed by atoms with Crippen molar-refractivity contribution in [2.75, 3.05) is 12.4 Å². The maximum absolute atomic E-state index is 5.30. The van der Waals surface area contributed by atoms with Crippen LogP contribution in [-0.2, 0) is 0 Å². The van der Waals surface area contributed by atoms with Crippen molar-refractivity contribution in [2.24, 2.45) is 5.10 Å². The number of nitrogens with zero attached hydrogens (tertiary/aromatic N) is 1. The Morgan fingerprint density at radius 3 is 2.48 bits per heavy atom. The molecule has 0 saturated heterocycles. The summed E-state index contributed by atoms with van der Waals surface area (Å²) in [6, 6.07) is 22.1. The van der Waals surface area contributed by atoms with Crippen molar-refractivity contribution in [3.8, 4) is 5.75 Å². The van der Waals surface area contributed by atoms with Gasteiger partial charge in [-0.3, -0.25) is 5.43 Å². The van der Waals surface area contributed by atoms with Crippen molar-refractivity contribution in [3.05, 3.63) is 72.3 Å². The quantitative estimate of drug-likeness (QED) is 0.412. The molecule has 0 aliphatic carbocycles. The normalized spacial score (nSPS) is 11.2. The molecule has 0 unspecified atom stereocenters. The Bertz CT molecular complexity index is 937. The van der Waals surface area contributed by atoms with Crippen LogP contribution in [-0.4, -0.2) is 17.9 Å². The number of para-hydroxylation sites is 2. The molecule has 0 heterocycles. The van der Waals surface area contributed by atoms with Crippen molar-refractivity contribution in [1.82, 2.24) is 5.43 Å². The highest BCUT2D eigenvalue weighted by molar-refractivity contribution is 7.80. The van der Waals surface area contributed by atoms with E-state index in [2.05, 4.69) is 46.2 Å². The molecular formula is C20H19N3OS. The number of hydrazone groups is 1. The zero-order valence-corrected chi connectivity index (χ0v) is 14.9. The summed E-state index contributed by atoms with van der Waals surface area (Å²) in [6.07, 6.45) is 0. The SMILES string of the molecule is COc1ccccc1NC(=S)NN=C(C)c1ccc2ccccc2c1. The number of hydrogen-bond acceptors (Lipinski definition) is 3. The van der Waals surface area contributed by atoms with Crippen LogP contribution in [0.2, 0.25) is 0 Å². The van der Waals surface area contributed by atoms with Crippen LogP contribution in [0.5, 0.6) is 5.75 Å². The van der Waals surface area contributed by atoms with Crippen molar-refractivity contribution >= 4 is 39.5 Å². The third-order valence-corrected chi connectivity index (χ3v) is 4.04. The van der Waals surface area contributed by atoms with E-state index in [1.165, 1.54) is 10.8 Å². The molecular weight excluding hydrogens is 330 g/mol. The van der Waals surface area contributed by atoms with E-state index in [1.807, 2.05) is 43.3 Å². The van der Waals surface area contributed by atoms with Crippen LogP contribution in [0.3, 0.4) is 0 Å². The Labute approximate surface area is 152 Å². The smallest absolute Gasteiger partial charge is 0.191 e. The van der Waals surface area contributed by atoms with Gasteiger partial charge in [-0.25, -0.2) is 0 Å². The summed E-state index contributed by atoms with van der Waals surface area (Å²) in [7, 11) is 1.62. The lowest BCUT2D eigenvalue weighted by Gasteiger charge is -2.11. The minimum Gasteiger partial charge on any atom is -0.495 e. The van der Waals surface area contributed by atoms with Crippen LogP contribution >= 0.6 is 12.2 Å². The van der Waals surface area contributed by atoms with Gasteiger partial charge in [-0.2, -0.15) is 5.10 Å². The molecule has 0 spiro atoms. The lowest BCUT2D eigenvalue weighted by molar-refractivity contribution is 0.417. The van der Waals surface area contributed by atoms with Gasteiger partial charge in [0.2, 0.25) is 0 Å². The van der Waals surface area contributed by atoms with Gasteiger partial charge in [-0.15, -0.1) is 0 Å². The highest BCUT2D eigenvalue weighted by atomic mass is 32.1. The van der Waals surface area contributed by atoms with E-state index in [0.717, 1.165) is 22.7 Å². The Morgan fingerprint density at radius 1 is 0.960 bits per heavy atom.